The van der Waals surface area contributed by atoms with Crippen molar-refractivity contribution in [3.8, 4) is 0 Å². The summed E-state index contributed by atoms with van der Waals surface area (Å²) in [5, 5.41) is 3.97. The molecule has 0 aromatic carbocycles. The van der Waals surface area contributed by atoms with Crippen molar-refractivity contribution in [1.29, 1.82) is 0 Å². The van der Waals surface area contributed by atoms with E-state index >= 15 is 0 Å². The summed E-state index contributed by atoms with van der Waals surface area (Å²) >= 11 is 1.87. The van der Waals surface area contributed by atoms with Crippen LogP contribution in [0.2, 0.25) is 0 Å². The first kappa shape index (κ1) is 15.0. The average molecular weight is 269 g/mol. The first-order chi connectivity index (χ1) is 8.56. The van der Waals surface area contributed by atoms with Crippen LogP contribution in [0.25, 0.3) is 0 Å². The van der Waals surface area contributed by atoms with Gasteiger partial charge in [-0.2, -0.15) is 11.8 Å². The molecule has 0 bridgehead atoms. The van der Waals surface area contributed by atoms with Gasteiger partial charge in [0.05, 0.1) is 0 Å². The highest BCUT2D eigenvalue weighted by molar-refractivity contribution is 7.99. The van der Waals surface area contributed by atoms with Gasteiger partial charge < -0.3 is 10.7 Å². The highest BCUT2D eigenvalue weighted by Gasteiger charge is 2.07. The lowest BCUT2D eigenvalue weighted by Gasteiger charge is -2.12. The van der Waals surface area contributed by atoms with Gasteiger partial charge in [0.15, 0.2) is 0 Å². The number of aromatic nitrogens is 2. The van der Waals surface area contributed by atoms with Gasteiger partial charge in [-0.05, 0) is 12.7 Å². The molecule has 1 rings (SSSR count). The van der Waals surface area contributed by atoms with E-state index in [1.54, 1.807) is 0 Å². The van der Waals surface area contributed by atoms with Crippen molar-refractivity contribution >= 4 is 23.4 Å². The summed E-state index contributed by atoms with van der Waals surface area (Å²) in [7, 11) is 0. The first-order valence-electron chi connectivity index (χ1n) is 6.19. The number of nitrogens with zero attached hydrogens (tertiary/aromatic N) is 2. The Labute approximate surface area is 113 Å². The maximum atomic E-state index is 5.41. The molecule has 0 spiro atoms. The molecular formula is C12H23N5S. The summed E-state index contributed by atoms with van der Waals surface area (Å²) in [5.74, 6) is 7.97. The number of nitrogens with one attached hydrogen (secondary N) is 2. The van der Waals surface area contributed by atoms with E-state index in [0.29, 0.717) is 11.1 Å². The molecule has 0 aliphatic carbocycles. The van der Waals surface area contributed by atoms with Gasteiger partial charge in [-0.15, -0.1) is 0 Å². The molecule has 5 nitrogen and oxygen atoms in total. The van der Waals surface area contributed by atoms with E-state index in [-0.39, 0.29) is 5.92 Å². The SMILES string of the molecule is CSC(C)CCNc1cc(NN)nc(C(C)C)n1. The Hall–Kier alpha value is -1.01. The fourth-order valence-electron chi connectivity index (χ4n) is 1.41. The van der Waals surface area contributed by atoms with E-state index in [0.717, 1.165) is 24.6 Å². The smallest absolute Gasteiger partial charge is 0.145 e. The third kappa shape index (κ3) is 4.70. The largest absolute Gasteiger partial charge is 0.370 e. The number of hydrogen-bond acceptors (Lipinski definition) is 6. The molecule has 4 N–H and O–H groups in total. The van der Waals surface area contributed by atoms with Gasteiger partial charge in [-0.1, -0.05) is 20.8 Å². The normalized spacial score (nSPS) is 12.6. The molecule has 1 aromatic rings. The van der Waals surface area contributed by atoms with Crippen LogP contribution in [0.4, 0.5) is 11.6 Å². The van der Waals surface area contributed by atoms with Gasteiger partial charge in [0.1, 0.15) is 17.5 Å². The minimum absolute atomic E-state index is 0.281. The van der Waals surface area contributed by atoms with Crippen LogP contribution in [0, 0.1) is 0 Å². The highest BCUT2D eigenvalue weighted by atomic mass is 32.2. The van der Waals surface area contributed by atoms with Gasteiger partial charge in [0.2, 0.25) is 0 Å². The minimum atomic E-state index is 0.281. The average Bonchev–Trinajstić information content (AvgIpc) is 2.37. The predicted molar refractivity (Wildman–Crippen MR) is 80.0 cm³/mol. The van der Waals surface area contributed by atoms with Gasteiger partial charge >= 0.3 is 0 Å². The third-order valence-electron chi connectivity index (χ3n) is 2.67. The number of nitrogen functional groups attached to an aromatic ring is 1. The summed E-state index contributed by atoms with van der Waals surface area (Å²) in [6.07, 6.45) is 3.23. The predicted octanol–water partition coefficient (Wildman–Crippen LogP) is 2.44. The van der Waals surface area contributed by atoms with Crippen molar-refractivity contribution in [3.05, 3.63) is 11.9 Å². The van der Waals surface area contributed by atoms with Gasteiger partial charge in [-0.3, -0.25) is 0 Å². The molecule has 1 aromatic heterocycles. The molecule has 0 saturated heterocycles. The van der Waals surface area contributed by atoms with E-state index in [9.17, 15) is 0 Å². The molecule has 6 heteroatoms. The van der Waals surface area contributed by atoms with Crippen molar-refractivity contribution in [2.75, 3.05) is 23.5 Å². The van der Waals surface area contributed by atoms with Crippen LogP contribution in [-0.4, -0.2) is 28.0 Å². The lowest BCUT2D eigenvalue weighted by Crippen LogP contribution is -2.14. The molecule has 1 atom stereocenters. The maximum absolute atomic E-state index is 5.41. The number of anilines is 2. The number of hydrazine groups is 1. The van der Waals surface area contributed by atoms with Gasteiger partial charge in [0, 0.05) is 23.8 Å². The summed E-state index contributed by atoms with van der Waals surface area (Å²) in [6, 6.07) is 1.83. The van der Waals surface area contributed by atoms with Crippen LogP contribution in [0.15, 0.2) is 6.07 Å². The lowest BCUT2D eigenvalue weighted by molar-refractivity contribution is 0.772. The molecule has 1 unspecified atom stereocenters. The second kappa shape index (κ2) is 7.43. The van der Waals surface area contributed by atoms with Gasteiger partial charge in [-0.25, -0.2) is 15.8 Å². The van der Waals surface area contributed by atoms with E-state index < -0.39 is 0 Å². The summed E-state index contributed by atoms with van der Waals surface area (Å²) < 4.78 is 0. The fraction of sp³-hybridized carbons (Fsp3) is 0.667. The Balaban J connectivity index is 2.66. The van der Waals surface area contributed by atoms with Crippen LogP contribution in [0.1, 0.15) is 38.9 Å². The molecule has 0 saturated carbocycles. The van der Waals surface area contributed by atoms with Crippen molar-refractivity contribution in [1.82, 2.24) is 9.97 Å². The monoisotopic (exact) mass is 269 g/mol. The quantitative estimate of drug-likeness (QED) is 0.521. The zero-order valence-electron chi connectivity index (χ0n) is 11.5. The second-order valence-corrected chi connectivity index (χ2v) is 5.83. The lowest BCUT2D eigenvalue weighted by atomic mass is 10.2. The molecule has 18 heavy (non-hydrogen) atoms. The zero-order valence-corrected chi connectivity index (χ0v) is 12.3. The molecular weight excluding hydrogens is 246 g/mol. The molecule has 0 radical (unpaired) electrons. The van der Waals surface area contributed by atoms with Crippen LogP contribution in [0.3, 0.4) is 0 Å². The number of hydrogen-bond donors (Lipinski definition) is 3. The number of rotatable bonds is 7. The zero-order chi connectivity index (χ0) is 13.5. The van der Waals surface area contributed by atoms with E-state index in [2.05, 4.69) is 47.7 Å². The first-order valence-corrected chi connectivity index (χ1v) is 7.47. The number of thioether (sulfide) groups is 1. The molecule has 1 heterocycles. The van der Waals surface area contributed by atoms with E-state index in [1.165, 1.54) is 0 Å². The van der Waals surface area contributed by atoms with Crippen molar-refractivity contribution in [2.24, 2.45) is 5.84 Å². The minimum Gasteiger partial charge on any atom is -0.370 e. The summed E-state index contributed by atoms with van der Waals surface area (Å²) in [4.78, 5) is 8.80. The molecule has 102 valence electrons. The van der Waals surface area contributed by atoms with Crippen LogP contribution in [-0.2, 0) is 0 Å². The fourth-order valence-corrected chi connectivity index (χ4v) is 1.76. The van der Waals surface area contributed by atoms with E-state index in [4.69, 9.17) is 5.84 Å². The summed E-state index contributed by atoms with van der Waals surface area (Å²) in [6.45, 7) is 7.25. The molecule has 0 aliphatic heterocycles. The number of nitrogens with two attached hydrogens (primary N) is 1. The topological polar surface area (TPSA) is 75.9 Å². The Morgan fingerprint density at radius 1 is 1.28 bits per heavy atom. The Kier molecular flexibility index (Phi) is 6.21. The standard InChI is InChI=1S/C12H23N5S/c1-8(2)12-15-10(7-11(16-12)17-13)14-6-5-9(3)18-4/h7-9H,5-6,13H2,1-4H3,(H2,14,15,16,17). The third-order valence-corrected chi connectivity index (χ3v) is 3.71. The second-order valence-electron chi connectivity index (χ2n) is 4.56. The van der Waals surface area contributed by atoms with Gasteiger partial charge in [0.25, 0.3) is 0 Å². The summed E-state index contributed by atoms with van der Waals surface area (Å²) in [5.41, 5.74) is 2.58. The van der Waals surface area contributed by atoms with Crippen LogP contribution < -0.4 is 16.6 Å². The molecule has 0 amide bonds. The van der Waals surface area contributed by atoms with Crippen molar-refractivity contribution in [3.63, 3.8) is 0 Å². The van der Waals surface area contributed by atoms with Crippen molar-refractivity contribution < 1.29 is 0 Å². The van der Waals surface area contributed by atoms with Crippen LogP contribution in [0.5, 0.6) is 0 Å². The van der Waals surface area contributed by atoms with E-state index in [1.807, 2.05) is 17.8 Å². The molecule has 0 fully saturated rings. The van der Waals surface area contributed by atoms with Crippen LogP contribution >= 0.6 is 11.8 Å². The maximum Gasteiger partial charge on any atom is 0.145 e. The Morgan fingerprint density at radius 3 is 2.50 bits per heavy atom. The Morgan fingerprint density at radius 2 is 1.94 bits per heavy atom. The van der Waals surface area contributed by atoms with Crippen molar-refractivity contribution in [2.45, 2.75) is 38.4 Å². The molecule has 0 aliphatic rings. The highest BCUT2D eigenvalue weighted by Crippen LogP contribution is 2.17. The Bertz CT molecular complexity index is 369.